The summed E-state index contributed by atoms with van der Waals surface area (Å²) < 4.78 is 26.9. The van der Waals surface area contributed by atoms with Crippen LogP contribution in [0.1, 0.15) is 30.2 Å². The zero-order valence-corrected chi connectivity index (χ0v) is 19.0. The maximum Gasteiger partial charge on any atom is 0.254 e. The summed E-state index contributed by atoms with van der Waals surface area (Å²) in [6.45, 7) is 1.37. The first kappa shape index (κ1) is 24.0. The normalized spacial score (nSPS) is 16.4. The summed E-state index contributed by atoms with van der Waals surface area (Å²) in [5.41, 5.74) is 2.61. The van der Waals surface area contributed by atoms with Crippen LogP contribution in [0.4, 0.5) is 14.5 Å². The van der Waals surface area contributed by atoms with E-state index in [1.807, 2.05) is 36.4 Å². The Morgan fingerprint density at radius 1 is 0.943 bits per heavy atom. The van der Waals surface area contributed by atoms with Crippen molar-refractivity contribution >= 4 is 23.4 Å². The molecule has 9 heteroatoms. The van der Waals surface area contributed by atoms with Crippen LogP contribution >= 0.6 is 0 Å². The molecule has 0 saturated carbocycles. The van der Waals surface area contributed by atoms with Crippen LogP contribution in [-0.2, 0) is 14.4 Å². The van der Waals surface area contributed by atoms with Crippen molar-refractivity contribution in [3.8, 4) is 11.1 Å². The van der Waals surface area contributed by atoms with Gasteiger partial charge in [0, 0.05) is 18.7 Å². The fourth-order valence-electron chi connectivity index (χ4n) is 4.08. The van der Waals surface area contributed by atoms with Crippen LogP contribution in [0, 0.1) is 11.6 Å². The van der Waals surface area contributed by atoms with Crippen LogP contribution in [0.2, 0.25) is 0 Å². The number of aliphatic hydroxyl groups excluding tert-OH is 1. The molecule has 180 valence electrons. The Morgan fingerprint density at radius 2 is 1.54 bits per heavy atom. The number of hydrogen-bond acceptors (Lipinski definition) is 4. The van der Waals surface area contributed by atoms with Crippen molar-refractivity contribution in [2.45, 2.75) is 25.1 Å². The minimum absolute atomic E-state index is 0.292. The molecule has 4 rings (SSSR count). The fourth-order valence-corrected chi connectivity index (χ4v) is 4.08. The summed E-state index contributed by atoms with van der Waals surface area (Å²) in [6, 6.07) is 14.7. The molecule has 1 aliphatic rings. The number of nitrogens with zero attached hydrogens (tertiary/aromatic N) is 1. The third kappa shape index (κ3) is 4.76. The quantitative estimate of drug-likeness (QED) is 0.524. The molecular weight excluding hydrogens is 456 g/mol. The van der Waals surface area contributed by atoms with Crippen LogP contribution in [0.25, 0.3) is 11.1 Å². The van der Waals surface area contributed by atoms with Gasteiger partial charge in [0.25, 0.3) is 11.8 Å². The van der Waals surface area contributed by atoms with Crippen molar-refractivity contribution < 1.29 is 28.3 Å². The van der Waals surface area contributed by atoms with Gasteiger partial charge >= 0.3 is 0 Å². The molecule has 3 atom stereocenters. The van der Waals surface area contributed by atoms with E-state index in [2.05, 4.69) is 10.6 Å². The van der Waals surface area contributed by atoms with E-state index >= 15 is 0 Å². The minimum Gasteiger partial charge on any atom is -0.378 e. The number of anilines is 1. The maximum absolute atomic E-state index is 13.4. The molecule has 0 saturated heterocycles. The molecule has 1 unspecified atom stereocenters. The highest BCUT2D eigenvalue weighted by molar-refractivity contribution is 6.06. The van der Waals surface area contributed by atoms with E-state index in [0.29, 0.717) is 17.3 Å². The summed E-state index contributed by atoms with van der Waals surface area (Å²) >= 11 is 0. The standard InChI is InChI=1S/C26H23F2N3O4/c1-14(29-25(34)23(32)15-11-16(27)13-17(28)12-15)24(33)30-22-20-9-4-3-7-18(20)19-8-5-6-10-21(19)31(2)26(22)35/h3-14,22-23,32H,1-2H3,(H,29,34)(H,30,33)/t14-,22?,23-/m0/s1. The number of carbonyl (C=O) groups excluding carboxylic acids is 3. The van der Waals surface area contributed by atoms with Crippen LogP contribution in [0.5, 0.6) is 0 Å². The van der Waals surface area contributed by atoms with Gasteiger partial charge in [0.2, 0.25) is 5.91 Å². The van der Waals surface area contributed by atoms with Crippen molar-refractivity contribution in [2.75, 3.05) is 11.9 Å². The van der Waals surface area contributed by atoms with Crippen molar-refractivity contribution in [3.63, 3.8) is 0 Å². The van der Waals surface area contributed by atoms with E-state index in [9.17, 15) is 28.3 Å². The molecule has 0 spiro atoms. The van der Waals surface area contributed by atoms with Gasteiger partial charge in [-0.15, -0.1) is 0 Å². The number of carbonyl (C=O) groups is 3. The molecule has 0 radical (unpaired) electrons. The Bertz CT molecular complexity index is 1290. The summed E-state index contributed by atoms with van der Waals surface area (Å²) in [4.78, 5) is 40.2. The highest BCUT2D eigenvalue weighted by Crippen LogP contribution is 2.39. The van der Waals surface area contributed by atoms with Gasteiger partial charge in [0.05, 0.1) is 5.69 Å². The number of benzene rings is 3. The second-order valence-electron chi connectivity index (χ2n) is 8.28. The van der Waals surface area contributed by atoms with Gasteiger partial charge in [-0.1, -0.05) is 42.5 Å². The van der Waals surface area contributed by atoms with E-state index in [-0.39, 0.29) is 11.5 Å². The fraction of sp³-hybridized carbons (Fsp3) is 0.192. The molecule has 0 bridgehead atoms. The number of likely N-dealkylation sites (N-methyl/N-ethyl adjacent to an activating group) is 1. The van der Waals surface area contributed by atoms with Crippen LogP contribution in [0.3, 0.4) is 0 Å². The summed E-state index contributed by atoms with van der Waals surface area (Å²) in [5.74, 6) is -3.97. The second-order valence-corrected chi connectivity index (χ2v) is 8.28. The topological polar surface area (TPSA) is 98.7 Å². The highest BCUT2D eigenvalue weighted by atomic mass is 19.1. The Labute approximate surface area is 200 Å². The van der Waals surface area contributed by atoms with Crippen LogP contribution in [-0.4, -0.2) is 35.9 Å². The van der Waals surface area contributed by atoms with Gasteiger partial charge in [-0.2, -0.15) is 0 Å². The summed E-state index contributed by atoms with van der Waals surface area (Å²) in [5, 5.41) is 15.2. The van der Waals surface area contributed by atoms with Gasteiger partial charge in [-0.3, -0.25) is 14.4 Å². The van der Waals surface area contributed by atoms with E-state index in [4.69, 9.17) is 0 Å². The minimum atomic E-state index is -1.89. The molecule has 3 amide bonds. The average molecular weight is 479 g/mol. The second kappa shape index (κ2) is 9.63. The SMILES string of the molecule is C[C@H](NC(=O)[C@@H](O)c1cc(F)cc(F)c1)C(=O)NC1C(=O)N(C)c2ccccc2-c2ccccc21. The molecule has 0 aromatic heterocycles. The van der Waals surface area contributed by atoms with Crippen LogP contribution in [0.15, 0.2) is 66.7 Å². The molecule has 3 N–H and O–H groups in total. The molecule has 0 fully saturated rings. The smallest absolute Gasteiger partial charge is 0.254 e. The largest absolute Gasteiger partial charge is 0.378 e. The number of amides is 3. The van der Waals surface area contributed by atoms with E-state index in [1.165, 1.54) is 11.8 Å². The van der Waals surface area contributed by atoms with Crippen molar-refractivity contribution in [1.29, 1.82) is 0 Å². The number of nitrogens with one attached hydrogen (secondary N) is 2. The lowest BCUT2D eigenvalue weighted by Gasteiger charge is -2.24. The summed E-state index contributed by atoms with van der Waals surface area (Å²) in [7, 11) is 1.62. The Morgan fingerprint density at radius 3 is 2.23 bits per heavy atom. The first-order chi connectivity index (χ1) is 16.7. The van der Waals surface area contributed by atoms with Gasteiger partial charge in [-0.25, -0.2) is 8.78 Å². The maximum atomic E-state index is 13.4. The number of rotatable bonds is 5. The van der Waals surface area contributed by atoms with Gasteiger partial charge in [0.1, 0.15) is 23.7 Å². The Balaban J connectivity index is 1.54. The zero-order valence-electron chi connectivity index (χ0n) is 19.0. The lowest BCUT2D eigenvalue weighted by molar-refractivity contribution is -0.134. The molecular formula is C26H23F2N3O4. The predicted molar refractivity (Wildman–Crippen MR) is 125 cm³/mol. The third-order valence-corrected chi connectivity index (χ3v) is 5.89. The Kier molecular flexibility index (Phi) is 6.61. The van der Waals surface area contributed by atoms with E-state index < -0.39 is 41.6 Å². The molecule has 3 aromatic rings. The highest BCUT2D eigenvalue weighted by Gasteiger charge is 2.34. The average Bonchev–Trinajstić information content (AvgIpc) is 2.92. The van der Waals surface area contributed by atoms with Gasteiger partial charge in [-0.05, 0) is 41.8 Å². The first-order valence-electron chi connectivity index (χ1n) is 10.9. The lowest BCUT2D eigenvalue weighted by Crippen LogP contribution is -2.49. The van der Waals surface area contributed by atoms with E-state index in [0.717, 1.165) is 23.3 Å². The van der Waals surface area contributed by atoms with E-state index in [1.54, 1.807) is 19.2 Å². The predicted octanol–water partition coefficient (Wildman–Crippen LogP) is 3.00. The molecule has 1 aliphatic heterocycles. The number of hydrogen-bond donors (Lipinski definition) is 3. The van der Waals surface area contributed by atoms with Crippen molar-refractivity contribution in [3.05, 3.63) is 89.5 Å². The number of fused-ring (bicyclic) bond motifs is 3. The van der Waals surface area contributed by atoms with Crippen molar-refractivity contribution in [1.82, 2.24) is 10.6 Å². The zero-order chi connectivity index (χ0) is 25.3. The monoisotopic (exact) mass is 479 g/mol. The van der Waals surface area contributed by atoms with Gasteiger partial charge < -0.3 is 20.6 Å². The molecule has 3 aromatic carbocycles. The van der Waals surface area contributed by atoms with Crippen LogP contribution < -0.4 is 15.5 Å². The Hall–Kier alpha value is -4.11. The number of para-hydroxylation sites is 1. The first-order valence-corrected chi connectivity index (χ1v) is 10.9. The molecule has 7 nitrogen and oxygen atoms in total. The molecule has 1 heterocycles. The van der Waals surface area contributed by atoms with Crippen molar-refractivity contribution in [2.24, 2.45) is 0 Å². The lowest BCUT2D eigenvalue weighted by atomic mass is 9.95. The summed E-state index contributed by atoms with van der Waals surface area (Å²) in [6.07, 6.45) is -1.89. The van der Waals surface area contributed by atoms with Gasteiger partial charge in [0.15, 0.2) is 6.10 Å². The molecule has 0 aliphatic carbocycles. The molecule has 35 heavy (non-hydrogen) atoms. The third-order valence-electron chi connectivity index (χ3n) is 5.89. The number of halogens is 2. The number of aliphatic hydroxyl groups is 1.